The maximum absolute atomic E-state index is 11.0. The van der Waals surface area contributed by atoms with Crippen LogP contribution < -0.4 is 0 Å². The van der Waals surface area contributed by atoms with Crippen molar-refractivity contribution in [1.29, 1.82) is 0 Å². The molecule has 0 radical (unpaired) electrons. The highest BCUT2D eigenvalue weighted by molar-refractivity contribution is 5.57. The lowest BCUT2D eigenvalue weighted by atomic mass is 10.0. The van der Waals surface area contributed by atoms with E-state index in [4.69, 9.17) is 23.7 Å². The maximum atomic E-state index is 11.0. The summed E-state index contributed by atoms with van der Waals surface area (Å²) in [5, 5.41) is 0. The number of rotatable bonds is 16. The van der Waals surface area contributed by atoms with Crippen LogP contribution in [-0.4, -0.2) is 59.8 Å². The third kappa shape index (κ3) is 8.87. The Kier molecular flexibility index (Phi) is 13.0. The van der Waals surface area contributed by atoms with Gasteiger partial charge < -0.3 is 28.5 Å². The monoisotopic (exact) mass is 368 g/mol. The molecule has 0 heterocycles. The number of hydrogen-bond acceptors (Lipinski definition) is 6. The first-order valence-electron chi connectivity index (χ1n) is 9.00. The second kappa shape index (κ2) is 14.8. The van der Waals surface area contributed by atoms with Gasteiger partial charge in [0.2, 0.25) is 0 Å². The first kappa shape index (κ1) is 22.7. The minimum absolute atomic E-state index is 0.0240. The molecule has 0 saturated carbocycles. The lowest BCUT2D eigenvalue weighted by Gasteiger charge is -2.21. The smallest absolute Gasteiger partial charge is 0.151 e. The number of unbranched alkanes of at least 4 members (excludes halogenated alkanes) is 1. The largest absolute Gasteiger partial charge is 0.382 e. The van der Waals surface area contributed by atoms with Crippen LogP contribution in [0.5, 0.6) is 0 Å². The van der Waals surface area contributed by atoms with Crippen molar-refractivity contribution in [3.63, 3.8) is 0 Å². The van der Waals surface area contributed by atoms with Crippen LogP contribution in [0.2, 0.25) is 0 Å². The molecule has 1 rings (SSSR count). The van der Waals surface area contributed by atoms with Crippen molar-refractivity contribution in [1.82, 2.24) is 0 Å². The van der Waals surface area contributed by atoms with Gasteiger partial charge in [0.15, 0.2) is 6.29 Å². The maximum Gasteiger partial charge on any atom is 0.151 e. The Balaban J connectivity index is 2.43. The highest BCUT2D eigenvalue weighted by atomic mass is 16.7. The minimum Gasteiger partial charge on any atom is -0.382 e. The Labute approximate surface area is 156 Å². The molecular formula is C20H32O6. The summed E-state index contributed by atoms with van der Waals surface area (Å²) >= 11 is 0. The van der Waals surface area contributed by atoms with Gasteiger partial charge in [0.05, 0.1) is 25.4 Å². The van der Waals surface area contributed by atoms with Crippen LogP contribution in [0.15, 0.2) is 30.3 Å². The zero-order valence-corrected chi connectivity index (χ0v) is 16.1. The summed E-state index contributed by atoms with van der Waals surface area (Å²) in [4.78, 5) is 11.0. The van der Waals surface area contributed by atoms with Crippen LogP contribution in [0.25, 0.3) is 0 Å². The zero-order chi connectivity index (χ0) is 19.0. The highest BCUT2D eigenvalue weighted by Crippen LogP contribution is 2.24. The van der Waals surface area contributed by atoms with Crippen molar-refractivity contribution in [3.8, 4) is 0 Å². The van der Waals surface area contributed by atoms with E-state index in [0.717, 1.165) is 37.5 Å². The number of carbonyl (C=O) groups excluding carboxylic acids is 1. The molecule has 6 nitrogen and oxygen atoms in total. The van der Waals surface area contributed by atoms with Crippen LogP contribution in [0.3, 0.4) is 0 Å². The fourth-order valence-corrected chi connectivity index (χ4v) is 2.73. The number of ether oxygens (including phenoxy) is 5. The van der Waals surface area contributed by atoms with Gasteiger partial charge in [-0.1, -0.05) is 43.2 Å². The Morgan fingerprint density at radius 3 is 2.31 bits per heavy atom. The third-order valence-corrected chi connectivity index (χ3v) is 4.24. The first-order valence-corrected chi connectivity index (χ1v) is 9.00. The molecule has 0 bridgehead atoms. The summed E-state index contributed by atoms with van der Waals surface area (Å²) in [6.07, 6.45) is 3.54. The van der Waals surface area contributed by atoms with E-state index in [-0.39, 0.29) is 19.0 Å². The average Bonchev–Trinajstić information content (AvgIpc) is 2.69. The molecule has 1 aromatic carbocycles. The molecule has 0 unspecified atom stereocenters. The Hall–Kier alpha value is -1.31. The van der Waals surface area contributed by atoms with Crippen molar-refractivity contribution in [2.75, 3.05) is 41.3 Å². The van der Waals surface area contributed by atoms with Crippen LogP contribution in [0.1, 0.15) is 37.4 Å². The van der Waals surface area contributed by atoms with Gasteiger partial charge in [-0.3, -0.25) is 0 Å². The zero-order valence-electron chi connectivity index (χ0n) is 16.1. The van der Waals surface area contributed by atoms with Crippen molar-refractivity contribution in [3.05, 3.63) is 35.9 Å². The lowest BCUT2D eigenvalue weighted by Crippen LogP contribution is -2.31. The first-order chi connectivity index (χ1) is 12.8. The topological polar surface area (TPSA) is 63.2 Å². The number of methoxy groups -OCH3 is 3. The van der Waals surface area contributed by atoms with Gasteiger partial charge in [0.25, 0.3) is 0 Å². The van der Waals surface area contributed by atoms with Gasteiger partial charge in [-0.25, -0.2) is 0 Å². The van der Waals surface area contributed by atoms with Crippen molar-refractivity contribution >= 4 is 6.29 Å². The molecule has 0 fully saturated rings. The molecule has 148 valence electrons. The van der Waals surface area contributed by atoms with Crippen LogP contribution in [0.4, 0.5) is 0 Å². The summed E-state index contributed by atoms with van der Waals surface area (Å²) in [6, 6.07) is 10.1. The van der Waals surface area contributed by atoms with Gasteiger partial charge in [-0.15, -0.1) is 0 Å². The summed E-state index contributed by atoms with van der Waals surface area (Å²) in [5.41, 5.74) is 1.13. The van der Waals surface area contributed by atoms with Gasteiger partial charge in [-0.2, -0.15) is 0 Å². The van der Waals surface area contributed by atoms with Gasteiger partial charge in [-0.05, 0) is 18.4 Å². The molecule has 0 spiro atoms. The van der Waals surface area contributed by atoms with E-state index in [0.29, 0.717) is 13.2 Å². The standard InChI is InChI=1S/C20H32O6/c1-22-13-14-25-16-26-18(17-9-5-4-6-10-17)11-7-8-12-19(23-2)20(15-21)24-3/h4-6,9-10,15,18-20H,7-8,11-14,16H2,1-3H3/t18-,19-,20+/m0/s1. The Bertz CT molecular complexity index is 453. The molecule has 0 N–H and O–H groups in total. The molecule has 0 saturated heterocycles. The fourth-order valence-electron chi connectivity index (χ4n) is 2.73. The molecule has 0 aromatic heterocycles. The van der Waals surface area contributed by atoms with E-state index in [1.54, 1.807) is 14.2 Å². The summed E-state index contributed by atoms with van der Waals surface area (Å²) in [6.45, 7) is 1.30. The van der Waals surface area contributed by atoms with Crippen LogP contribution in [0, 0.1) is 0 Å². The molecule has 1 aromatic rings. The van der Waals surface area contributed by atoms with Crippen LogP contribution in [-0.2, 0) is 28.5 Å². The van der Waals surface area contributed by atoms with Gasteiger partial charge in [0.1, 0.15) is 12.9 Å². The normalized spacial score (nSPS) is 14.7. The van der Waals surface area contributed by atoms with Crippen molar-refractivity contribution in [2.24, 2.45) is 0 Å². The molecule has 0 aliphatic heterocycles. The molecule has 0 amide bonds. The molecule has 0 aliphatic rings. The number of hydrogen-bond donors (Lipinski definition) is 0. The lowest BCUT2D eigenvalue weighted by molar-refractivity contribution is -0.125. The summed E-state index contributed by atoms with van der Waals surface area (Å²) in [7, 11) is 4.77. The van der Waals surface area contributed by atoms with Gasteiger partial charge in [0, 0.05) is 21.3 Å². The van der Waals surface area contributed by atoms with Gasteiger partial charge >= 0.3 is 0 Å². The van der Waals surface area contributed by atoms with Crippen LogP contribution >= 0.6 is 0 Å². The van der Waals surface area contributed by atoms with E-state index in [1.165, 1.54) is 7.11 Å². The van der Waals surface area contributed by atoms with E-state index >= 15 is 0 Å². The quantitative estimate of drug-likeness (QED) is 0.254. The number of carbonyl (C=O) groups is 1. The number of benzene rings is 1. The van der Waals surface area contributed by atoms with E-state index in [1.807, 2.05) is 18.2 Å². The van der Waals surface area contributed by atoms with Crippen molar-refractivity contribution in [2.45, 2.75) is 44.0 Å². The van der Waals surface area contributed by atoms with Crippen molar-refractivity contribution < 1.29 is 28.5 Å². The second-order valence-corrected chi connectivity index (χ2v) is 5.98. The average molecular weight is 368 g/mol. The van der Waals surface area contributed by atoms with E-state index < -0.39 is 6.10 Å². The van der Waals surface area contributed by atoms with E-state index in [9.17, 15) is 4.79 Å². The Morgan fingerprint density at radius 1 is 0.962 bits per heavy atom. The molecule has 0 aliphatic carbocycles. The second-order valence-electron chi connectivity index (χ2n) is 5.98. The highest BCUT2D eigenvalue weighted by Gasteiger charge is 2.20. The fraction of sp³-hybridized carbons (Fsp3) is 0.650. The Morgan fingerprint density at radius 2 is 1.69 bits per heavy atom. The SMILES string of the molecule is COCCOCO[C@@H](CCCC[C@H](OC)[C@@H](C=O)OC)c1ccccc1. The molecule has 6 heteroatoms. The number of aldehydes is 1. The molecule has 3 atom stereocenters. The minimum atomic E-state index is -0.518. The molecular weight excluding hydrogens is 336 g/mol. The summed E-state index contributed by atoms with van der Waals surface area (Å²) < 4.78 is 26.8. The summed E-state index contributed by atoms with van der Waals surface area (Å²) in [5.74, 6) is 0. The third-order valence-electron chi connectivity index (χ3n) is 4.24. The van der Waals surface area contributed by atoms with E-state index in [2.05, 4.69) is 12.1 Å². The molecule has 26 heavy (non-hydrogen) atoms. The predicted octanol–water partition coefficient (Wildman–Crippen LogP) is 3.15. The predicted molar refractivity (Wildman–Crippen MR) is 99.1 cm³/mol.